The van der Waals surface area contributed by atoms with E-state index < -0.39 is 0 Å². The number of rotatable bonds is 0. The second-order valence-corrected chi connectivity index (χ2v) is 4.73. The predicted octanol–water partition coefficient (Wildman–Crippen LogP) is -2.41. The summed E-state index contributed by atoms with van der Waals surface area (Å²) in [7, 11) is 0. The minimum absolute atomic E-state index is 0. The maximum atomic E-state index is 4.26. The molecule has 0 spiro atoms. The summed E-state index contributed by atoms with van der Waals surface area (Å²) in [6.07, 6.45) is 5.35. The Labute approximate surface area is 125 Å². The first kappa shape index (κ1) is 19.5. The monoisotopic (exact) mass is 210 g/mol. The van der Waals surface area contributed by atoms with Gasteiger partial charge < -0.3 is 10.6 Å². The van der Waals surface area contributed by atoms with E-state index in [4.69, 9.17) is 0 Å². The molecule has 0 aliphatic carbocycles. The van der Waals surface area contributed by atoms with Crippen molar-refractivity contribution < 1.29 is 37.7 Å². The quantitative estimate of drug-likeness (QED) is 0.398. The molecule has 2 aliphatic heterocycles. The summed E-state index contributed by atoms with van der Waals surface area (Å²) in [6.45, 7) is 9.02. The standard InChI is InChI=1S/2C6H12N.2Li/c1-6-2-4-7-5-3-6;1-6-3-2-4-7-5-6;;/h2*6H,2-5H2,1H3;;/q2*-1;2*+1. The van der Waals surface area contributed by atoms with Crippen molar-refractivity contribution in [3.8, 4) is 0 Å². The molecule has 0 bridgehead atoms. The molecule has 2 rings (SSSR count). The zero-order valence-electron chi connectivity index (χ0n) is 11.7. The summed E-state index contributed by atoms with van der Waals surface area (Å²) >= 11 is 0. The molecule has 4 heteroatoms. The Bertz CT molecular complexity index is 117. The molecule has 0 aromatic heterocycles. The third-order valence-corrected chi connectivity index (χ3v) is 3.01. The number of piperidine rings is 2. The molecule has 2 nitrogen and oxygen atoms in total. The third kappa shape index (κ3) is 10.3. The molecule has 2 fully saturated rings. The molecule has 0 radical (unpaired) electrons. The normalized spacial score (nSPS) is 25.5. The Morgan fingerprint density at radius 2 is 1.38 bits per heavy atom. The summed E-state index contributed by atoms with van der Waals surface area (Å²) in [5.74, 6) is 1.81. The van der Waals surface area contributed by atoms with Gasteiger partial charge >= 0.3 is 37.7 Å². The molecule has 0 aromatic carbocycles. The van der Waals surface area contributed by atoms with Crippen molar-refractivity contribution in [2.24, 2.45) is 11.8 Å². The van der Waals surface area contributed by atoms with E-state index in [2.05, 4.69) is 24.5 Å². The van der Waals surface area contributed by atoms with Crippen molar-refractivity contribution in [1.29, 1.82) is 0 Å². The largest absolute Gasteiger partial charge is 1.00 e. The van der Waals surface area contributed by atoms with Crippen LogP contribution in [0.4, 0.5) is 0 Å². The fourth-order valence-corrected chi connectivity index (χ4v) is 1.83. The van der Waals surface area contributed by atoms with Crippen molar-refractivity contribution in [3.05, 3.63) is 10.6 Å². The Balaban J connectivity index is 0. The van der Waals surface area contributed by atoms with Gasteiger partial charge in [0.1, 0.15) is 0 Å². The smallest absolute Gasteiger partial charge is 0.662 e. The molecular formula is C12H24Li2N2. The molecule has 0 N–H and O–H groups in total. The first-order valence-corrected chi connectivity index (χ1v) is 6.05. The summed E-state index contributed by atoms with van der Waals surface area (Å²) in [4.78, 5) is 0. The molecule has 16 heavy (non-hydrogen) atoms. The Hall–Kier alpha value is 1.11. The molecule has 0 amide bonds. The Morgan fingerprint density at radius 3 is 1.62 bits per heavy atom. The van der Waals surface area contributed by atoms with E-state index in [1.54, 1.807) is 0 Å². The van der Waals surface area contributed by atoms with Gasteiger partial charge in [-0.15, -0.1) is 26.2 Å². The van der Waals surface area contributed by atoms with Crippen molar-refractivity contribution in [2.75, 3.05) is 26.2 Å². The van der Waals surface area contributed by atoms with E-state index in [1.165, 1.54) is 25.7 Å². The van der Waals surface area contributed by atoms with E-state index >= 15 is 0 Å². The van der Waals surface area contributed by atoms with E-state index in [-0.39, 0.29) is 37.7 Å². The van der Waals surface area contributed by atoms with Crippen LogP contribution in [0, 0.1) is 11.8 Å². The molecule has 2 heterocycles. The summed E-state index contributed by atoms with van der Waals surface area (Å²) in [5.41, 5.74) is 0. The van der Waals surface area contributed by atoms with Gasteiger partial charge in [-0.1, -0.05) is 45.4 Å². The van der Waals surface area contributed by atoms with E-state index in [0.29, 0.717) is 0 Å². The topological polar surface area (TPSA) is 28.2 Å². The van der Waals surface area contributed by atoms with Crippen LogP contribution in [-0.2, 0) is 0 Å². The fraction of sp³-hybridized carbons (Fsp3) is 1.00. The second-order valence-electron chi connectivity index (χ2n) is 4.73. The molecule has 84 valence electrons. The number of hydrogen-bond acceptors (Lipinski definition) is 0. The maximum Gasteiger partial charge on any atom is 1.00 e. The van der Waals surface area contributed by atoms with Gasteiger partial charge in [0.2, 0.25) is 0 Å². The van der Waals surface area contributed by atoms with Crippen LogP contribution < -0.4 is 37.7 Å². The van der Waals surface area contributed by atoms with Crippen LogP contribution in [0.2, 0.25) is 0 Å². The van der Waals surface area contributed by atoms with Crippen molar-refractivity contribution >= 4 is 0 Å². The van der Waals surface area contributed by atoms with E-state index in [9.17, 15) is 0 Å². The zero-order chi connectivity index (χ0) is 10.2. The molecule has 2 saturated heterocycles. The zero-order valence-corrected chi connectivity index (χ0v) is 11.7. The maximum absolute atomic E-state index is 4.26. The van der Waals surface area contributed by atoms with E-state index in [1.807, 2.05) is 0 Å². The van der Waals surface area contributed by atoms with Crippen LogP contribution in [0.1, 0.15) is 39.5 Å². The van der Waals surface area contributed by atoms with Gasteiger partial charge in [-0.2, -0.15) is 0 Å². The second kappa shape index (κ2) is 12.6. The summed E-state index contributed by atoms with van der Waals surface area (Å²) in [6, 6.07) is 0. The van der Waals surface area contributed by atoms with Crippen LogP contribution in [0.15, 0.2) is 0 Å². The van der Waals surface area contributed by atoms with E-state index in [0.717, 1.165) is 38.0 Å². The molecule has 1 unspecified atom stereocenters. The van der Waals surface area contributed by atoms with Gasteiger partial charge in [0.05, 0.1) is 0 Å². The Kier molecular flexibility index (Phi) is 15.3. The van der Waals surface area contributed by atoms with Crippen LogP contribution in [-0.4, -0.2) is 26.2 Å². The molecule has 0 saturated carbocycles. The van der Waals surface area contributed by atoms with Crippen molar-refractivity contribution in [1.82, 2.24) is 0 Å². The number of hydrogen-bond donors (Lipinski definition) is 0. The van der Waals surface area contributed by atoms with Crippen molar-refractivity contribution in [3.63, 3.8) is 0 Å². The minimum atomic E-state index is 0. The van der Waals surface area contributed by atoms with Gasteiger partial charge in [0, 0.05) is 0 Å². The predicted molar refractivity (Wildman–Crippen MR) is 63.0 cm³/mol. The van der Waals surface area contributed by atoms with Crippen LogP contribution in [0.5, 0.6) is 0 Å². The average molecular weight is 210 g/mol. The summed E-state index contributed by atoms with van der Waals surface area (Å²) in [5, 5.41) is 8.49. The fourth-order valence-electron chi connectivity index (χ4n) is 1.83. The van der Waals surface area contributed by atoms with Crippen molar-refractivity contribution in [2.45, 2.75) is 39.5 Å². The van der Waals surface area contributed by atoms with Gasteiger partial charge in [-0.25, -0.2) is 0 Å². The first-order valence-electron chi connectivity index (χ1n) is 6.05. The van der Waals surface area contributed by atoms with Gasteiger partial charge in [0.25, 0.3) is 0 Å². The minimum Gasteiger partial charge on any atom is -0.662 e. The Morgan fingerprint density at radius 1 is 0.750 bits per heavy atom. The third-order valence-electron chi connectivity index (χ3n) is 3.01. The number of nitrogens with zero attached hydrogens (tertiary/aromatic N) is 2. The summed E-state index contributed by atoms with van der Waals surface area (Å²) < 4.78 is 0. The average Bonchev–Trinajstić information content (AvgIpc) is 2.21. The van der Waals surface area contributed by atoms with Crippen LogP contribution in [0.25, 0.3) is 10.6 Å². The molecule has 0 aromatic rings. The first-order chi connectivity index (χ1) is 6.79. The molecular weight excluding hydrogens is 186 g/mol. The SMILES string of the molecule is CC1CCC[N-]C1.CC1CC[N-]CC1.[Li+].[Li+]. The van der Waals surface area contributed by atoms with Gasteiger partial charge in [-0.3, -0.25) is 0 Å². The van der Waals surface area contributed by atoms with Crippen LogP contribution in [0.3, 0.4) is 0 Å². The molecule has 1 atom stereocenters. The molecule has 2 aliphatic rings. The van der Waals surface area contributed by atoms with Crippen LogP contribution >= 0.6 is 0 Å². The van der Waals surface area contributed by atoms with Gasteiger partial charge in [-0.05, 0) is 5.92 Å². The van der Waals surface area contributed by atoms with Gasteiger partial charge in [0.15, 0.2) is 0 Å².